The molecule has 2 aromatic heterocycles. The Balaban J connectivity index is 1.76. The third-order valence-electron chi connectivity index (χ3n) is 2.98. The van der Waals surface area contributed by atoms with Gasteiger partial charge < -0.3 is 5.11 Å². The van der Waals surface area contributed by atoms with Crippen LogP contribution in [0.5, 0.6) is 5.75 Å². The van der Waals surface area contributed by atoms with Gasteiger partial charge in [-0.1, -0.05) is 24.3 Å². The van der Waals surface area contributed by atoms with Gasteiger partial charge in [-0.3, -0.25) is 9.78 Å². The molecule has 3 aromatic rings. The van der Waals surface area contributed by atoms with Crippen LogP contribution in [0.2, 0.25) is 0 Å². The Bertz CT molecular complexity index is 847. The largest absolute Gasteiger partial charge is 0.506 e. The fourth-order valence-electron chi connectivity index (χ4n) is 1.93. The lowest BCUT2D eigenvalue weighted by Crippen LogP contribution is -2.18. The molecule has 1 amide bonds. The van der Waals surface area contributed by atoms with Crippen LogP contribution in [0.15, 0.2) is 59.8 Å². The SMILES string of the molecule is O=C(N/N=C/c1ccc2cccc(O)c2n1)c1ccccn1. The van der Waals surface area contributed by atoms with E-state index in [0.717, 1.165) is 5.39 Å². The summed E-state index contributed by atoms with van der Waals surface area (Å²) in [6.45, 7) is 0. The number of benzene rings is 1. The molecule has 0 saturated heterocycles. The van der Waals surface area contributed by atoms with Crippen molar-refractivity contribution in [1.29, 1.82) is 0 Å². The lowest BCUT2D eigenvalue weighted by Gasteiger charge is -2.01. The second-order valence-corrected chi connectivity index (χ2v) is 4.50. The third kappa shape index (κ3) is 2.90. The number of hydrogen-bond acceptors (Lipinski definition) is 5. The number of rotatable bonds is 3. The van der Waals surface area contributed by atoms with Crippen molar-refractivity contribution in [2.45, 2.75) is 0 Å². The van der Waals surface area contributed by atoms with Crippen LogP contribution < -0.4 is 5.43 Å². The van der Waals surface area contributed by atoms with Crippen LogP contribution >= 0.6 is 0 Å². The van der Waals surface area contributed by atoms with E-state index in [2.05, 4.69) is 20.5 Å². The fourth-order valence-corrected chi connectivity index (χ4v) is 1.93. The van der Waals surface area contributed by atoms with Gasteiger partial charge in [-0.15, -0.1) is 0 Å². The second-order valence-electron chi connectivity index (χ2n) is 4.50. The maximum absolute atomic E-state index is 11.8. The summed E-state index contributed by atoms with van der Waals surface area (Å²) in [5.74, 6) is -0.300. The lowest BCUT2D eigenvalue weighted by atomic mass is 10.2. The summed E-state index contributed by atoms with van der Waals surface area (Å²) in [7, 11) is 0. The maximum atomic E-state index is 11.8. The average molecular weight is 292 g/mol. The van der Waals surface area contributed by atoms with Gasteiger partial charge in [0.25, 0.3) is 5.91 Å². The van der Waals surface area contributed by atoms with E-state index in [0.29, 0.717) is 11.2 Å². The Morgan fingerprint density at radius 1 is 1.14 bits per heavy atom. The molecule has 0 aliphatic rings. The van der Waals surface area contributed by atoms with Crippen molar-refractivity contribution in [3.63, 3.8) is 0 Å². The predicted molar refractivity (Wildman–Crippen MR) is 82.7 cm³/mol. The first kappa shape index (κ1) is 13.7. The molecule has 0 atom stereocenters. The number of aromatic nitrogens is 2. The number of amides is 1. The van der Waals surface area contributed by atoms with Gasteiger partial charge >= 0.3 is 0 Å². The lowest BCUT2D eigenvalue weighted by molar-refractivity contribution is 0.0950. The number of nitrogens with one attached hydrogen (secondary N) is 1. The molecule has 22 heavy (non-hydrogen) atoms. The molecule has 2 heterocycles. The van der Waals surface area contributed by atoms with Crippen LogP contribution in [0.1, 0.15) is 16.2 Å². The summed E-state index contributed by atoms with van der Waals surface area (Å²) in [5, 5.41) is 14.4. The van der Waals surface area contributed by atoms with Gasteiger partial charge in [0.2, 0.25) is 0 Å². The van der Waals surface area contributed by atoms with Crippen molar-refractivity contribution in [2.75, 3.05) is 0 Å². The third-order valence-corrected chi connectivity index (χ3v) is 2.98. The first-order valence-electron chi connectivity index (χ1n) is 6.57. The number of hydrogen-bond donors (Lipinski definition) is 2. The summed E-state index contributed by atoms with van der Waals surface area (Å²) in [5.41, 5.74) is 3.67. The minimum Gasteiger partial charge on any atom is -0.506 e. The highest BCUT2D eigenvalue weighted by Crippen LogP contribution is 2.21. The highest BCUT2D eigenvalue weighted by molar-refractivity contribution is 5.93. The molecule has 0 aliphatic carbocycles. The molecule has 0 saturated carbocycles. The summed E-state index contributed by atoms with van der Waals surface area (Å²) < 4.78 is 0. The molecule has 108 valence electrons. The molecule has 1 aromatic carbocycles. The van der Waals surface area contributed by atoms with Gasteiger partial charge in [0, 0.05) is 11.6 Å². The van der Waals surface area contributed by atoms with E-state index in [1.165, 1.54) is 12.4 Å². The van der Waals surface area contributed by atoms with Gasteiger partial charge in [-0.25, -0.2) is 10.4 Å². The number of carbonyl (C=O) groups excluding carboxylic acids is 1. The van der Waals surface area contributed by atoms with E-state index in [4.69, 9.17) is 0 Å². The molecular formula is C16H12N4O2. The van der Waals surface area contributed by atoms with E-state index in [1.807, 2.05) is 12.1 Å². The van der Waals surface area contributed by atoms with Crippen LogP contribution in [-0.2, 0) is 0 Å². The van der Waals surface area contributed by atoms with Crippen molar-refractivity contribution in [3.8, 4) is 5.75 Å². The van der Waals surface area contributed by atoms with E-state index < -0.39 is 5.91 Å². The van der Waals surface area contributed by atoms with Gasteiger partial charge in [-0.05, 0) is 24.3 Å². The van der Waals surface area contributed by atoms with E-state index in [9.17, 15) is 9.90 Å². The number of fused-ring (bicyclic) bond motifs is 1. The maximum Gasteiger partial charge on any atom is 0.289 e. The number of phenolic OH excluding ortho intramolecular Hbond substituents is 1. The molecule has 0 radical (unpaired) electrons. The van der Waals surface area contributed by atoms with Gasteiger partial charge in [0.1, 0.15) is 17.0 Å². The molecule has 0 unspecified atom stereocenters. The normalized spacial score (nSPS) is 10.9. The first-order valence-corrected chi connectivity index (χ1v) is 6.57. The average Bonchev–Trinajstić information content (AvgIpc) is 2.56. The summed E-state index contributed by atoms with van der Waals surface area (Å²) >= 11 is 0. The Morgan fingerprint density at radius 3 is 2.86 bits per heavy atom. The number of hydrazone groups is 1. The standard InChI is InChI=1S/C16H12N4O2/c21-14-6-3-4-11-7-8-12(19-15(11)14)10-18-20-16(22)13-5-1-2-9-17-13/h1-10,21H,(H,20,22)/b18-10+. The van der Waals surface area contributed by atoms with Gasteiger partial charge in [0.15, 0.2) is 0 Å². The molecular weight excluding hydrogens is 280 g/mol. The predicted octanol–water partition coefficient (Wildman–Crippen LogP) is 2.10. The first-order chi connectivity index (χ1) is 10.7. The number of nitrogens with zero attached hydrogens (tertiary/aromatic N) is 3. The number of aromatic hydroxyl groups is 1. The molecule has 2 N–H and O–H groups in total. The van der Waals surface area contributed by atoms with Crippen LogP contribution in [0.25, 0.3) is 10.9 Å². The topological polar surface area (TPSA) is 87.5 Å². The van der Waals surface area contributed by atoms with Crippen LogP contribution in [0, 0.1) is 0 Å². The molecule has 6 nitrogen and oxygen atoms in total. The van der Waals surface area contributed by atoms with Crippen molar-refractivity contribution < 1.29 is 9.90 Å². The summed E-state index contributed by atoms with van der Waals surface area (Å²) in [4.78, 5) is 20.0. The molecule has 3 rings (SSSR count). The van der Waals surface area contributed by atoms with Crippen molar-refractivity contribution >= 4 is 23.0 Å². The molecule has 0 fully saturated rings. The summed E-state index contributed by atoms with van der Waals surface area (Å²) in [6.07, 6.45) is 2.94. The second kappa shape index (κ2) is 6.01. The van der Waals surface area contributed by atoms with Gasteiger partial charge in [0.05, 0.1) is 11.9 Å². The van der Waals surface area contributed by atoms with Crippen LogP contribution in [-0.4, -0.2) is 27.2 Å². The smallest absolute Gasteiger partial charge is 0.289 e. The Kier molecular flexibility index (Phi) is 3.74. The highest BCUT2D eigenvalue weighted by atomic mass is 16.3. The highest BCUT2D eigenvalue weighted by Gasteiger charge is 2.04. The Hall–Kier alpha value is -3.28. The summed E-state index contributed by atoms with van der Waals surface area (Å²) in [6, 6.07) is 13.8. The molecule has 6 heteroatoms. The number of carbonyl (C=O) groups is 1. The van der Waals surface area contributed by atoms with E-state index in [1.54, 1.807) is 36.4 Å². The number of phenols is 1. The quantitative estimate of drug-likeness (QED) is 0.571. The molecule has 0 bridgehead atoms. The van der Waals surface area contributed by atoms with Crippen molar-refractivity contribution in [2.24, 2.45) is 5.10 Å². The molecule has 0 aliphatic heterocycles. The Labute approximate surface area is 126 Å². The van der Waals surface area contributed by atoms with Crippen molar-refractivity contribution in [3.05, 3.63) is 66.1 Å². The molecule has 0 spiro atoms. The number of para-hydroxylation sites is 1. The minimum atomic E-state index is -0.402. The minimum absolute atomic E-state index is 0.102. The van der Waals surface area contributed by atoms with Crippen LogP contribution in [0.4, 0.5) is 0 Å². The Morgan fingerprint density at radius 2 is 2.05 bits per heavy atom. The zero-order valence-corrected chi connectivity index (χ0v) is 11.5. The van der Waals surface area contributed by atoms with Crippen molar-refractivity contribution in [1.82, 2.24) is 15.4 Å². The zero-order chi connectivity index (χ0) is 15.4. The van der Waals surface area contributed by atoms with E-state index in [-0.39, 0.29) is 11.4 Å². The fraction of sp³-hybridized carbons (Fsp3) is 0. The van der Waals surface area contributed by atoms with Crippen LogP contribution in [0.3, 0.4) is 0 Å². The zero-order valence-electron chi connectivity index (χ0n) is 11.5. The number of pyridine rings is 2. The van der Waals surface area contributed by atoms with Gasteiger partial charge in [-0.2, -0.15) is 5.10 Å². The van der Waals surface area contributed by atoms with E-state index >= 15 is 0 Å². The monoisotopic (exact) mass is 292 g/mol.